The summed E-state index contributed by atoms with van der Waals surface area (Å²) in [5.41, 5.74) is -0.265. The number of nitrogens with zero attached hydrogens (tertiary/aromatic N) is 1. The third kappa shape index (κ3) is 3.48. The molecule has 0 saturated carbocycles. The third-order valence-electron chi connectivity index (χ3n) is 0.995. The molecule has 4 heteroatoms. The van der Waals surface area contributed by atoms with Gasteiger partial charge in [-0.25, -0.2) is 4.79 Å². The largest absolute Gasteiger partial charge is 0.477 e. The first-order chi connectivity index (χ1) is 5.11. The number of nitriles is 1. The molecule has 0 aliphatic rings. The van der Waals surface area contributed by atoms with Crippen molar-refractivity contribution in [2.75, 3.05) is 0 Å². The predicted octanol–water partition coefficient (Wildman–Crippen LogP) is 1.16. The zero-order chi connectivity index (χ0) is 8.85. The molecule has 1 N–H and O–H groups in total. The molecule has 0 aromatic carbocycles. The Morgan fingerprint density at radius 3 is 2.64 bits per heavy atom. The fourth-order valence-electron chi connectivity index (χ4n) is 0.459. The van der Waals surface area contributed by atoms with Crippen LogP contribution in [0.2, 0.25) is 0 Å². The molecule has 0 amide bonds. The summed E-state index contributed by atoms with van der Waals surface area (Å²) in [5, 5.41) is 18.1. The van der Waals surface area contributed by atoms with Gasteiger partial charge in [0.25, 0.3) is 0 Å². The van der Waals surface area contributed by atoms with Gasteiger partial charge < -0.3 is 5.11 Å². The van der Waals surface area contributed by atoms with E-state index in [2.05, 4.69) is 12.2 Å². The van der Waals surface area contributed by atoms with Crippen molar-refractivity contribution in [1.82, 2.24) is 0 Å². The van der Waals surface area contributed by atoms with E-state index in [1.165, 1.54) is 11.4 Å². The van der Waals surface area contributed by atoms with Gasteiger partial charge in [-0.1, -0.05) is 25.2 Å². The molecule has 0 aromatic heterocycles. The summed E-state index contributed by atoms with van der Waals surface area (Å²) in [4.78, 5) is 10.2. The lowest BCUT2D eigenvalue weighted by Gasteiger charge is -1.94. The van der Waals surface area contributed by atoms with Gasteiger partial charge >= 0.3 is 5.97 Å². The Morgan fingerprint density at radius 2 is 2.36 bits per heavy atom. The lowest BCUT2D eigenvalue weighted by Crippen LogP contribution is -2.01. The summed E-state index contributed by atoms with van der Waals surface area (Å²) in [6.45, 7) is 1.72. The number of aliphatic carboxylic acids is 1. The van der Waals surface area contributed by atoms with Crippen molar-refractivity contribution in [3.05, 3.63) is 11.6 Å². The van der Waals surface area contributed by atoms with Crippen molar-refractivity contribution in [2.24, 2.45) is 5.92 Å². The topological polar surface area (TPSA) is 61.1 Å². The molecule has 0 bridgehead atoms. The average Bonchev–Trinajstić information content (AvgIpc) is 1.99. The van der Waals surface area contributed by atoms with E-state index in [4.69, 9.17) is 10.4 Å². The van der Waals surface area contributed by atoms with Crippen molar-refractivity contribution in [2.45, 2.75) is 6.92 Å². The Hall–Kier alpha value is -1.21. The third-order valence-corrected chi connectivity index (χ3v) is 1.42. The van der Waals surface area contributed by atoms with Gasteiger partial charge in [-0.05, 0) is 5.37 Å². The molecular formula is C7H7NO2S. The molecule has 0 spiro atoms. The smallest absolute Gasteiger partial charge is 0.346 e. The maximum absolute atomic E-state index is 10.2. The quantitative estimate of drug-likeness (QED) is 0.391. The fraction of sp³-hybridized carbons (Fsp3) is 0.286. The highest BCUT2D eigenvalue weighted by Gasteiger charge is 2.06. The fourth-order valence-corrected chi connectivity index (χ4v) is 0.537. The van der Waals surface area contributed by atoms with E-state index in [1.54, 1.807) is 13.0 Å². The zero-order valence-electron chi connectivity index (χ0n) is 5.94. The Morgan fingerprint density at radius 1 is 1.82 bits per heavy atom. The summed E-state index contributed by atoms with van der Waals surface area (Å²) in [6, 6.07) is 1.56. The van der Waals surface area contributed by atoms with Gasteiger partial charge in [-0.15, -0.1) is 0 Å². The standard InChI is InChI=1S/C7H7NO2S/c1-5(4-11)2-6(3-8)7(9)10/h2,4-5H,1H3,(H,9,10). The molecule has 0 aromatic rings. The van der Waals surface area contributed by atoms with Crippen LogP contribution in [0.25, 0.3) is 0 Å². The molecule has 0 heterocycles. The second kappa shape index (κ2) is 4.58. The summed E-state index contributed by atoms with van der Waals surface area (Å²) in [5.74, 6) is -1.37. The highest BCUT2D eigenvalue weighted by atomic mass is 32.1. The molecule has 1 unspecified atom stereocenters. The van der Waals surface area contributed by atoms with Crippen LogP contribution in [0.3, 0.4) is 0 Å². The molecule has 0 rings (SSSR count). The van der Waals surface area contributed by atoms with Crippen LogP contribution < -0.4 is 0 Å². The van der Waals surface area contributed by atoms with E-state index in [1.807, 2.05) is 0 Å². The van der Waals surface area contributed by atoms with Crippen molar-refractivity contribution < 1.29 is 9.90 Å². The Labute approximate surface area is 69.9 Å². The highest BCUT2D eigenvalue weighted by Crippen LogP contribution is 2.00. The van der Waals surface area contributed by atoms with Crippen molar-refractivity contribution in [1.29, 1.82) is 5.26 Å². The summed E-state index contributed by atoms with van der Waals surface area (Å²) >= 11 is 4.56. The Balaban J connectivity index is 4.51. The lowest BCUT2D eigenvalue weighted by atomic mass is 10.1. The van der Waals surface area contributed by atoms with Crippen LogP contribution in [0.15, 0.2) is 11.6 Å². The summed E-state index contributed by atoms with van der Waals surface area (Å²) in [7, 11) is 0. The number of carboxylic acids is 1. The zero-order valence-corrected chi connectivity index (χ0v) is 6.76. The van der Waals surface area contributed by atoms with Crippen LogP contribution in [0.1, 0.15) is 6.92 Å². The number of hydrogen-bond acceptors (Lipinski definition) is 3. The van der Waals surface area contributed by atoms with Gasteiger partial charge in [0, 0.05) is 5.92 Å². The maximum Gasteiger partial charge on any atom is 0.346 e. The SMILES string of the molecule is CC(C=S)C=C(C#N)C(=O)O. The van der Waals surface area contributed by atoms with Crippen molar-refractivity contribution in [3.63, 3.8) is 0 Å². The lowest BCUT2D eigenvalue weighted by molar-refractivity contribution is -0.132. The van der Waals surface area contributed by atoms with E-state index >= 15 is 0 Å². The molecule has 11 heavy (non-hydrogen) atoms. The number of carboxylic acid groups (broad SMARTS) is 1. The van der Waals surface area contributed by atoms with Crippen LogP contribution in [-0.4, -0.2) is 16.4 Å². The molecule has 0 aliphatic heterocycles. The first-order valence-corrected chi connectivity index (χ1v) is 3.39. The molecular weight excluding hydrogens is 162 g/mol. The minimum absolute atomic E-state index is 0.157. The van der Waals surface area contributed by atoms with Gasteiger partial charge in [-0.2, -0.15) is 5.26 Å². The second-order valence-electron chi connectivity index (χ2n) is 1.99. The van der Waals surface area contributed by atoms with Gasteiger partial charge in [0.15, 0.2) is 0 Å². The summed E-state index contributed by atoms with van der Waals surface area (Å²) < 4.78 is 0. The maximum atomic E-state index is 10.2. The van der Waals surface area contributed by atoms with Crippen LogP contribution in [0.5, 0.6) is 0 Å². The van der Waals surface area contributed by atoms with Crippen LogP contribution in [0, 0.1) is 17.2 Å². The number of allylic oxidation sites excluding steroid dienone is 1. The monoisotopic (exact) mass is 169 g/mol. The second-order valence-corrected chi connectivity index (χ2v) is 2.26. The van der Waals surface area contributed by atoms with Crippen LogP contribution in [-0.2, 0) is 4.79 Å². The van der Waals surface area contributed by atoms with Crippen molar-refractivity contribution >= 4 is 23.6 Å². The van der Waals surface area contributed by atoms with E-state index in [0.717, 1.165) is 0 Å². The Kier molecular flexibility index (Phi) is 4.08. The molecule has 58 valence electrons. The minimum Gasteiger partial charge on any atom is -0.477 e. The average molecular weight is 169 g/mol. The van der Waals surface area contributed by atoms with Gasteiger partial charge in [0.1, 0.15) is 11.6 Å². The molecule has 0 aliphatic carbocycles. The normalized spacial score (nSPS) is 13.3. The molecule has 1 atom stereocenters. The van der Waals surface area contributed by atoms with Gasteiger partial charge in [0.05, 0.1) is 0 Å². The number of thiocarbonyl (C=S) groups is 1. The molecule has 0 saturated heterocycles. The van der Waals surface area contributed by atoms with Crippen LogP contribution >= 0.6 is 12.2 Å². The predicted molar refractivity (Wildman–Crippen MR) is 44.2 cm³/mol. The van der Waals surface area contributed by atoms with Gasteiger partial charge in [0.2, 0.25) is 0 Å². The number of rotatable bonds is 3. The number of carbonyl (C=O) groups is 1. The molecule has 0 fully saturated rings. The van der Waals surface area contributed by atoms with E-state index in [0.29, 0.717) is 0 Å². The van der Waals surface area contributed by atoms with Crippen LogP contribution in [0.4, 0.5) is 0 Å². The van der Waals surface area contributed by atoms with Crippen molar-refractivity contribution in [3.8, 4) is 6.07 Å². The Bertz CT molecular complexity index is 239. The molecule has 0 radical (unpaired) electrons. The van der Waals surface area contributed by atoms with Gasteiger partial charge in [-0.3, -0.25) is 0 Å². The first kappa shape index (κ1) is 9.79. The van der Waals surface area contributed by atoms with E-state index in [9.17, 15) is 4.79 Å². The van der Waals surface area contributed by atoms with E-state index in [-0.39, 0.29) is 11.5 Å². The minimum atomic E-state index is -1.21. The first-order valence-electron chi connectivity index (χ1n) is 2.92. The molecule has 3 nitrogen and oxygen atoms in total. The van der Waals surface area contributed by atoms with E-state index < -0.39 is 5.97 Å². The summed E-state index contributed by atoms with van der Waals surface area (Å²) in [6.07, 6.45) is 1.31. The number of hydrogen-bond donors (Lipinski definition) is 1. The highest BCUT2D eigenvalue weighted by molar-refractivity contribution is 7.79.